The maximum absolute atomic E-state index is 12.3. The number of esters is 1. The highest BCUT2D eigenvalue weighted by Gasteiger charge is 2.23. The molecule has 2 amide bonds. The van der Waals surface area contributed by atoms with Crippen LogP contribution in [0.5, 0.6) is 0 Å². The first-order chi connectivity index (χ1) is 20.0. The van der Waals surface area contributed by atoms with Crippen molar-refractivity contribution in [3.8, 4) is 0 Å². The Balaban J connectivity index is 1.90. The van der Waals surface area contributed by atoms with Crippen LogP contribution >= 0.6 is 0 Å². The third-order valence-corrected chi connectivity index (χ3v) is 8.00. The van der Waals surface area contributed by atoms with Crippen LogP contribution in [0.25, 0.3) is 18.2 Å². The lowest BCUT2D eigenvalue weighted by Crippen LogP contribution is -2.15. The SMILES string of the molecule is C=CC1=C(C)C(C=c2[nH]c(=Cc3[nH]c(/C=C4\NC(=O)C(C)=C4C=C)c(C)c3CCC(=O)OC)c(CCC)c2C)=NC1=O. The number of aliphatic imine (C=N–C) groups is 1. The predicted molar refractivity (Wildman–Crippen MR) is 167 cm³/mol. The molecule has 0 fully saturated rings. The first-order valence-electron chi connectivity index (χ1n) is 14.1. The topological polar surface area (TPSA) is 116 Å². The minimum Gasteiger partial charge on any atom is -0.469 e. The Labute approximate surface area is 246 Å². The Kier molecular flexibility index (Phi) is 8.95. The van der Waals surface area contributed by atoms with Gasteiger partial charge < -0.3 is 20.0 Å². The lowest BCUT2D eigenvalue weighted by molar-refractivity contribution is -0.140. The van der Waals surface area contributed by atoms with Crippen LogP contribution in [0.1, 0.15) is 67.3 Å². The van der Waals surface area contributed by atoms with E-state index in [1.807, 2.05) is 26.0 Å². The Morgan fingerprint density at radius 3 is 2.19 bits per heavy atom. The van der Waals surface area contributed by atoms with Gasteiger partial charge in [0.25, 0.3) is 11.8 Å². The zero-order valence-corrected chi connectivity index (χ0v) is 25.2. The quantitative estimate of drug-likeness (QED) is 0.376. The summed E-state index contributed by atoms with van der Waals surface area (Å²) in [4.78, 5) is 48.0. The summed E-state index contributed by atoms with van der Waals surface area (Å²) in [6, 6.07) is 0. The minimum absolute atomic E-state index is 0.147. The molecule has 8 heteroatoms. The largest absolute Gasteiger partial charge is 0.469 e. The smallest absolute Gasteiger partial charge is 0.305 e. The van der Waals surface area contributed by atoms with E-state index in [9.17, 15) is 14.4 Å². The Bertz CT molecular complexity index is 1770. The van der Waals surface area contributed by atoms with Crippen molar-refractivity contribution in [3.63, 3.8) is 0 Å². The lowest BCUT2D eigenvalue weighted by atomic mass is 10.0. The molecule has 4 heterocycles. The van der Waals surface area contributed by atoms with Crippen LogP contribution in [0.15, 0.2) is 58.3 Å². The molecule has 2 aromatic heterocycles. The molecule has 8 nitrogen and oxygen atoms in total. The van der Waals surface area contributed by atoms with Crippen LogP contribution in [-0.4, -0.2) is 40.6 Å². The molecule has 4 rings (SSSR count). The minimum atomic E-state index is -0.287. The molecule has 42 heavy (non-hydrogen) atoms. The molecule has 0 radical (unpaired) electrons. The molecule has 0 saturated heterocycles. The zero-order valence-electron chi connectivity index (χ0n) is 25.2. The third kappa shape index (κ3) is 5.70. The Morgan fingerprint density at radius 2 is 1.57 bits per heavy atom. The molecule has 3 N–H and O–H groups in total. The van der Waals surface area contributed by atoms with E-state index in [2.05, 4.69) is 53.4 Å². The summed E-state index contributed by atoms with van der Waals surface area (Å²) in [7, 11) is 1.39. The molecule has 2 aliphatic rings. The monoisotopic (exact) mass is 566 g/mol. The molecule has 0 bridgehead atoms. The highest BCUT2D eigenvalue weighted by atomic mass is 16.5. The first kappa shape index (κ1) is 30.2. The number of H-pyrrole nitrogens is 2. The van der Waals surface area contributed by atoms with Gasteiger partial charge >= 0.3 is 5.97 Å². The normalized spacial score (nSPS) is 17.1. The van der Waals surface area contributed by atoms with Crippen LogP contribution in [0.4, 0.5) is 0 Å². The molecule has 0 unspecified atom stereocenters. The van der Waals surface area contributed by atoms with Crippen molar-refractivity contribution in [1.82, 2.24) is 15.3 Å². The number of hydrogen-bond acceptors (Lipinski definition) is 4. The van der Waals surface area contributed by atoms with Gasteiger partial charge in [0.05, 0.1) is 18.5 Å². The van der Waals surface area contributed by atoms with Gasteiger partial charge in [0, 0.05) is 45.2 Å². The van der Waals surface area contributed by atoms with Gasteiger partial charge in [-0.2, -0.15) is 0 Å². The summed E-state index contributed by atoms with van der Waals surface area (Å²) in [6.45, 7) is 17.5. The Morgan fingerprint density at radius 1 is 0.857 bits per heavy atom. The summed E-state index contributed by atoms with van der Waals surface area (Å²) in [5, 5.41) is 4.74. The van der Waals surface area contributed by atoms with E-state index in [0.717, 1.165) is 62.8 Å². The maximum Gasteiger partial charge on any atom is 0.305 e. The van der Waals surface area contributed by atoms with E-state index < -0.39 is 0 Å². The molecule has 0 atom stereocenters. The third-order valence-electron chi connectivity index (χ3n) is 8.00. The van der Waals surface area contributed by atoms with Crippen molar-refractivity contribution in [2.24, 2.45) is 4.99 Å². The van der Waals surface area contributed by atoms with E-state index in [1.165, 1.54) is 12.7 Å². The van der Waals surface area contributed by atoms with Gasteiger partial charge in [-0.15, -0.1) is 0 Å². The van der Waals surface area contributed by atoms with Crippen molar-refractivity contribution >= 4 is 41.7 Å². The molecule has 0 spiro atoms. The number of methoxy groups -OCH3 is 1. The van der Waals surface area contributed by atoms with E-state index in [4.69, 9.17) is 4.74 Å². The fourth-order valence-electron chi connectivity index (χ4n) is 5.46. The highest BCUT2D eigenvalue weighted by molar-refractivity contribution is 6.31. The van der Waals surface area contributed by atoms with Gasteiger partial charge in [-0.25, -0.2) is 4.99 Å². The number of allylic oxidation sites excluding steroid dienone is 2. The first-order valence-corrected chi connectivity index (χ1v) is 14.1. The van der Waals surface area contributed by atoms with Gasteiger partial charge in [0.2, 0.25) is 0 Å². The van der Waals surface area contributed by atoms with Crippen LogP contribution in [0.2, 0.25) is 0 Å². The van der Waals surface area contributed by atoms with E-state index in [-0.39, 0.29) is 24.2 Å². The number of hydrogen-bond donors (Lipinski definition) is 3. The van der Waals surface area contributed by atoms with Gasteiger partial charge in [-0.1, -0.05) is 38.7 Å². The number of nitrogens with zero attached hydrogens (tertiary/aromatic N) is 1. The second-order valence-corrected chi connectivity index (χ2v) is 10.5. The average molecular weight is 567 g/mol. The van der Waals surface area contributed by atoms with E-state index in [0.29, 0.717) is 29.0 Å². The number of rotatable bonds is 10. The number of amides is 2. The van der Waals surface area contributed by atoms with Crippen LogP contribution in [0, 0.1) is 13.8 Å². The summed E-state index contributed by atoms with van der Waals surface area (Å²) in [5.74, 6) is -0.711. The number of ether oxygens (including phenoxy) is 1. The van der Waals surface area contributed by atoms with Crippen molar-refractivity contribution < 1.29 is 19.1 Å². The van der Waals surface area contributed by atoms with Crippen molar-refractivity contribution in [2.45, 2.75) is 60.3 Å². The summed E-state index contributed by atoms with van der Waals surface area (Å²) in [6.07, 6.45) is 11.6. The molecule has 0 aromatic carbocycles. The highest BCUT2D eigenvalue weighted by Crippen LogP contribution is 2.27. The average Bonchev–Trinajstić information content (AvgIpc) is 3.61. The second-order valence-electron chi connectivity index (χ2n) is 10.5. The number of carbonyl (C=O) groups excluding carboxylic acids is 3. The molecule has 218 valence electrons. The van der Waals surface area contributed by atoms with Gasteiger partial charge in [0.1, 0.15) is 0 Å². The van der Waals surface area contributed by atoms with E-state index in [1.54, 1.807) is 19.1 Å². The molecular weight excluding hydrogens is 528 g/mol. The fourth-order valence-corrected chi connectivity index (χ4v) is 5.46. The molecule has 2 aliphatic heterocycles. The van der Waals surface area contributed by atoms with Crippen LogP contribution in [0.3, 0.4) is 0 Å². The summed E-state index contributed by atoms with van der Waals surface area (Å²) >= 11 is 0. The zero-order chi connectivity index (χ0) is 30.7. The Hall–Kier alpha value is -4.72. The fraction of sp³-hybridized carbons (Fsp3) is 0.294. The standard InChI is InChI=1S/C34H38N4O4/c1-9-12-24-19(5)26(15-28-18(4)23(11-3)34(41)37-28)35-30(24)17-31-25(13-14-32(39)42-8)20(6)27(36-31)16-29-22(10-2)21(7)33(40)38-29/h10-11,15-17,35-36H,2-3,9,12-14H2,1,4-8H3,(H,38,40)/b26-15?,29-16-,30-17?. The molecule has 0 saturated carbocycles. The van der Waals surface area contributed by atoms with Gasteiger partial charge in [0.15, 0.2) is 0 Å². The van der Waals surface area contributed by atoms with Crippen LogP contribution < -0.4 is 16.0 Å². The molecule has 2 aromatic rings. The van der Waals surface area contributed by atoms with Gasteiger partial charge in [-0.05, 0) is 86.6 Å². The molecular formula is C34H38N4O4. The second kappa shape index (κ2) is 12.4. The van der Waals surface area contributed by atoms with Crippen LogP contribution in [-0.2, 0) is 32.0 Å². The number of aromatic nitrogens is 2. The summed E-state index contributed by atoms with van der Waals surface area (Å²) in [5.41, 5.74) is 9.90. The maximum atomic E-state index is 12.3. The van der Waals surface area contributed by atoms with E-state index >= 15 is 0 Å². The van der Waals surface area contributed by atoms with Gasteiger partial charge in [-0.3, -0.25) is 14.4 Å². The predicted octanol–water partition coefficient (Wildman–Crippen LogP) is 4.08. The van der Waals surface area contributed by atoms with Crippen molar-refractivity contribution in [2.75, 3.05) is 7.11 Å². The van der Waals surface area contributed by atoms with Crippen molar-refractivity contribution in [1.29, 1.82) is 0 Å². The number of nitrogens with one attached hydrogen (secondary N) is 3. The number of carbonyl (C=O) groups is 3. The molecule has 0 aliphatic carbocycles. The lowest BCUT2D eigenvalue weighted by Gasteiger charge is -2.03. The summed E-state index contributed by atoms with van der Waals surface area (Å²) < 4.78 is 4.91. The van der Waals surface area contributed by atoms with Crippen molar-refractivity contribution in [3.05, 3.63) is 97.6 Å². The number of aromatic amines is 2.